The van der Waals surface area contributed by atoms with E-state index in [9.17, 15) is 4.79 Å². The van der Waals surface area contributed by atoms with Gasteiger partial charge in [0.25, 0.3) is 5.91 Å². The number of benzene rings is 1. The average Bonchev–Trinajstić information content (AvgIpc) is 3.14. The summed E-state index contributed by atoms with van der Waals surface area (Å²) in [4.78, 5) is 20.3. The Labute approximate surface area is 195 Å². The molecule has 1 saturated heterocycles. The van der Waals surface area contributed by atoms with E-state index in [1.165, 1.54) is 54.5 Å². The highest BCUT2D eigenvalue weighted by molar-refractivity contribution is 5.99. The Morgan fingerprint density at radius 3 is 2.47 bits per heavy atom. The Balaban J connectivity index is 1.29. The lowest BCUT2D eigenvalue weighted by Crippen LogP contribution is -2.46. The summed E-state index contributed by atoms with van der Waals surface area (Å²) in [5, 5.41) is 0. The van der Waals surface area contributed by atoms with Crippen LogP contribution in [0.15, 0.2) is 41.5 Å². The van der Waals surface area contributed by atoms with Crippen LogP contribution in [0.25, 0.3) is 0 Å². The summed E-state index contributed by atoms with van der Waals surface area (Å²) in [6, 6.07) is 7.06. The van der Waals surface area contributed by atoms with Crippen LogP contribution < -0.4 is 4.90 Å². The molecule has 2 aliphatic heterocycles. The first-order chi connectivity index (χ1) is 15.5. The maximum Gasteiger partial charge on any atom is 0.254 e. The average molecular weight is 436 g/mol. The molecule has 4 nitrogen and oxygen atoms in total. The van der Waals surface area contributed by atoms with Gasteiger partial charge in [0.2, 0.25) is 0 Å². The number of rotatable bonds is 7. The molecular formula is C28H41N3O. The molecule has 0 bridgehead atoms. The smallest absolute Gasteiger partial charge is 0.254 e. The molecule has 1 aromatic rings. The molecule has 174 valence electrons. The molecule has 0 unspecified atom stereocenters. The topological polar surface area (TPSA) is 26.8 Å². The third-order valence-electron chi connectivity index (χ3n) is 7.47. The van der Waals surface area contributed by atoms with Gasteiger partial charge in [0.05, 0.1) is 0 Å². The normalized spacial score (nSPS) is 20.6. The zero-order valence-electron chi connectivity index (χ0n) is 20.4. The van der Waals surface area contributed by atoms with Crippen molar-refractivity contribution in [2.75, 3.05) is 37.6 Å². The van der Waals surface area contributed by atoms with Crippen LogP contribution in [-0.2, 0) is 6.54 Å². The number of hydrogen-bond acceptors (Lipinski definition) is 3. The Hall–Kier alpha value is -2.07. The molecule has 32 heavy (non-hydrogen) atoms. The summed E-state index contributed by atoms with van der Waals surface area (Å²) in [6.07, 6.45) is 13.3. The highest BCUT2D eigenvalue weighted by atomic mass is 16.2. The molecular weight excluding hydrogens is 394 g/mol. The van der Waals surface area contributed by atoms with Crippen molar-refractivity contribution in [3.05, 3.63) is 52.6 Å². The lowest BCUT2D eigenvalue weighted by atomic mass is 9.94. The molecule has 0 aromatic heterocycles. The summed E-state index contributed by atoms with van der Waals surface area (Å²) < 4.78 is 0. The van der Waals surface area contributed by atoms with Crippen LogP contribution in [-0.4, -0.2) is 54.5 Å². The molecule has 0 spiro atoms. The number of amides is 1. The fourth-order valence-corrected chi connectivity index (χ4v) is 5.36. The van der Waals surface area contributed by atoms with Gasteiger partial charge in [-0.05, 0) is 64.2 Å². The van der Waals surface area contributed by atoms with E-state index in [0.717, 1.165) is 57.7 Å². The highest BCUT2D eigenvalue weighted by Crippen LogP contribution is 2.33. The second-order valence-corrected chi connectivity index (χ2v) is 10.2. The predicted octanol–water partition coefficient (Wildman–Crippen LogP) is 5.79. The van der Waals surface area contributed by atoms with Gasteiger partial charge in [-0.1, -0.05) is 48.6 Å². The lowest BCUT2D eigenvalue weighted by molar-refractivity contribution is 0.0660. The van der Waals surface area contributed by atoms with Crippen LogP contribution in [0.1, 0.15) is 81.6 Å². The maximum absolute atomic E-state index is 13.1. The van der Waals surface area contributed by atoms with Gasteiger partial charge in [0, 0.05) is 56.6 Å². The van der Waals surface area contributed by atoms with E-state index in [4.69, 9.17) is 0 Å². The van der Waals surface area contributed by atoms with Crippen LogP contribution in [0.4, 0.5) is 5.69 Å². The number of hydrogen-bond donors (Lipinski definition) is 0. The molecule has 3 aliphatic rings. The minimum atomic E-state index is 0.265. The van der Waals surface area contributed by atoms with E-state index in [2.05, 4.69) is 65.8 Å². The monoisotopic (exact) mass is 435 g/mol. The second kappa shape index (κ2) is 10.7. The molecule has 2 heterocycles. The van der Waals surface area contributed by atoms with Gasteiger partial charge in [-0.25, -0.2) is 0 Å². The molecule has 0 atom stereocenters. The van der Waals surface area contributed by atoms with E-state index >= 15 is 0 Å². The van der Waals surface area contributed by atoms with Crippen molar-refractivity contribution in [2.45, 2.75) is 78.3 Å². The van der Waals surface area contributed by atoms with Crippen molar-refractivity contribution in [1.29, 1.82) is 0 Å². The van der Waals surface area contributed by atoms with E-state index in [-0.39, 0.29) is 5.91 Å². The van der Waals surface area contributed by atoms with Crippen LogP contribution >= 0.6 is 0 Å². The number of fused-ring (bicyclic) bond motifs is 1. The Kier molecular flexibility index (Phi) is 7.72. The van der Waals surface area contributed by atoms with Gasteiger partial charge in [0.15, 0.2) is 0 Å². The van der Waals surface area contributed by atoms with E-state index in [0.29, 0.717) is 6.04 Å². The number of anilines is 1. The predicted molar refractivity (Wildman–Crippen MR) is 134 cm³/mol. The number of carbonyl (C=O) groups is 1. The number of carbonyl (C=O) groups excluding carboxylic acids is 1. The van der Waals surface area contributed by atoms with Gasteiger partial charge < -0.3 is 9.80 Å². The summed E-state index contributed by atoms with van der Waals surface area (Å²) in [5.74, 6) is 0.265. The quantitative estimate of drug-likeness (QED) is 0.507. The van der Waals surface area contributed by atoms with Crippen molar-refractivity contribution in [2.24, 2.45) is 0 Å². The van der Waals surface area contributed by atoms with Crippen LogP contribution in [0.2, 0.25) is 0 Å². The van der Waals surface area contributed by atoms with Gasteiger partial charge in [-0.3, -0.25) is 9.69 Å². The van der Waals surface area contributed by atoms with E-state index in [1.54, 1.807) is 0 Å². The Morgan fingerprint density at radius 1 is 1.00 bits per heavy atom. The van der Waals surface area contributed by atoms with Gasteiger partial charge in [0.1, 0.15) is 0 Å². The first-order valence-electron chi connectivity index (χ1n) is 12.7. The summed E-state index contributed by atoms with van der Waals surface area (Å²) in [7, 11) is 0. The second-order valence-electron chi connectivity index (χ2n) is 10.2. The summed E-state index contributed by atoms with van der Waals surface area (Å²) >= 11 is 0. The zero-order valence-corrected chi connectivity index (χ0v) is 20.4. The lowest BCUT2D eigenvalue weighted by Gasteiger charge is -2.36. The molecule has 1 aliphatic carbocycles. The summed E-state index contributed by atoms with van der Waals surface area (Å²) in [5.41, 5.74) is 6.28. The number of piperazine rings is 1. The van der Waals surface area contributed by atoms with Crippen molar-refractivity contribution in [3.8, 4) is 0 Å². The Bertz CT molecular complexity index is 853. The van der Waals surface area contributed by atoms with E-state index < -0.39 is 0 Å². The molecule has 1 saturated carbocycles. The third-order valence-corrected chi connectivity index (χ3v) is 7.47. The fourth-order valence-electron chi connectivity index (χ4n) is 5.36. The molecule has 1 amide bonds. The molecule has 1 aromatic carbocycles. The largest absolute Gasteiger partial charge is 0.369 e. The minimum absolute atomic E-state index is 0.265. The van der Waals surface area contributed by atoms with E-state index in [1.807, 2.05) is 0 Å². The molecule has 4 rings (SSSR count). The van der Waals surface area contributed by atoms with Crippen molar-refractivity contribution < 1.29 is 4.79 Å². The molecule has 0 N–H and O–H groups in total. The van der Waals surface area contributed by atoms with Crippen molar-refractivity contribution in [3.63, 3.8) is 0 Å². The van der Waals surface area contributed by atoms with Gasteiger partial charge in [-0.2, -0.15) is 0 Å². The van der Waals surface area contributed by atoms with Crippen molar-refractivity contribution in [1.82, 2.24) is 9.80 Å². The van der Waals surface area contributed by atoms with Crippen molar-refractivity contribution >= 4 is 11.6 Å². The SMILES string of the molecule is CC(C)=CCC/C(C)=C/CN1CCN(c2ccc3c(c2)C(=O)N(C2CCCCC2)C3)CC1. The van der Waals surface area contributed by atoms with Gasteiger partial charge >= 0.3 is 0 Å². The minimum Gasteiger partial charge on any atom is -0.369 e. The maximum atomic E-state index is 13.1. The van der Waals surface area contributed by atoms with Crippen LogP contribution in [0.5, 0.6) is 0 Å². The molecule has 2 fully saturated rings. The molecule has 4 heteroatoms. The molecule has 0 radical (unpaired) electrons. The standard InChI is InChI=1S/C28H41N3O/c1-22(2)8-7-9-23(3)14-15-29-16-18-30(19-17-29)26-13-12-24-21-31(28(32)27(24)20-26)25-10-5-4-6-11-25/h8,12-14,20,25H,4-7,9-11,15-19,21H2,1-3H3/b23-14+. The first kappa shape index (κ1) is 23.1. The Morgan fingerprint density at radius 2 is 1.75 bits per heavy atom. The van der Waals surface area contributed by atoms with Crippen LogP contribution in [0.3, 0.4) is 0 Å². The first-order valence-corrected chi connectivity index (χ1v) is 12.7. The van der Waals surface area contributed by atoms with Gasteiger partial charge in [-0.15, -0.1) is 0 Å². The highest BCUT2D eigenvalue weighted by Gasteiger charge is 2.33. The summed E-state index contributed by atoms with van der Waals surface area (Å²) in [6.45, 7) is 12.7. The van der Waals surface area contributed by atoms with Crippen LogP contribution in [0, 0.1) is 0 Å². The number of nitrogens with zero attached hydrogens (tertiary/aromatic N) is 3. The zero-order chi connectivity index (χ0) is 22.5. The number of allylic oxidation sites excluding steroid dienone is 3. The third kappa shape index (κ3) is 5.64. The fraction of sp³-hybridized carbons (Fsp3) is 0.607.